The number of hydrogen-bond acceptors (Lipinski definition) is 4. The molecule has 1 atom stereocenters. The molecule has 37 heavy (non-hydrogen) atoms. The van der Waals surface area contributed by atoms with E-state index in [2.05, 4.69) is 6.92 Å². The Bertz CT molecular complexity index is 1520. The quantitative estimate of drug-likeness (QED) is 0.246. The van der Waals surface area contributed by atoms with Gasteiger partial charge in [-0.15, -0.1) is 0 Å². The molecule has 0 N–H and O–H groups in total. The maximum Gasteiger partial charge on any atom is 0.291 e. The van der Waals surface area contributed by atoms with Crippen molar-refractivity contribution in [2.45, 2.75) is 59.5 Å². The molecule has 2 heterocycles. The molecule has 0 saturated heterocycles. The van der Waals surface area contributed by atoms with Crippen LogP contribution < -0.4 is 10.2 Å². The van der Waals surface area contributed by atoms with Gasteiger partial charge in [-0.2, -0.15) is 0 Å². The molecule has 0 fully saturated rings. The molecule has 0 bridgehead atoms. The van der Waals surface area contributed by atoms with Gasteiger partial charge in [0.2, 0.25) is 5.76 Å². The Hall–Kier alpha value is -3.86. The third-order valence-corrected chi connectivity index (χ3v) is 7.08. The Morgan fingerprint density at radius 1 is 0.919 bits per heavy atom. The highest BCUT2D eigenvalue weighted by molar-refractivity contribution is 5.99. The van der Waals surface area contributed by atoms with Crippen molar-refractivity contribution in [2.75, 3.05) is 6.61 Å². The molecular weight excluding hydrogens is 462 g/mol. The van der Waals surface area contributed by atoms with Gasteiger partial charge in [0.1, 0.15) is 11.3 Å². The zero-order valence-corrected chi connectivity index (χ0v) is 22.0. The normalized spacial score (nSPS) is 14.9. The lowest BCUT2D eigenvalue weighted by Crippen LogP contribution is -2.29. The fraction of sp³-hybridized carbons (Fsp3) is 0.312. The summed E-state index contributed by atoms with van der Waals surface area (Å²) in [5.74, 6) is 0.601. The molecule has 1 aliphatic heterocycles. The van der Waals surface area contributed by atoms with Gasteiger partial charge in [-0.05, 0) is 67.6 Å². The summed E-state index contributed by atoms with van der Waals surface area (Å²) < 4.78 is 12.2. The number of amides is 1. The van der Waals surface area contributed by atoms with Crippen LogP contribution in [-0.4, -0.2) is 17.4 Å². The van der Waals surface area contributed by atoms with Crippen LogP contribution in [-0.2, 0) is 6.54 Å². The molecular formula is C32H33NO4. The first-order chi connectivity index (χ1) is 17.9. The van der Waals surface area contributed by atoms with E-state index in [1.807, 2.05) is 81.4 Å². The van der Waals surface area contributed by atoms with E-state index in [4.69, 9.17) is 9.15 Å². The van der Waals surface area contributed by atoms with Crippen LogP contribution in [0, 0.1) is 20.8 Å². The molecule has 0 aliphatic carbocycles. The Kier molecular flexibility index (Phi) is 6.88. The Morgan fingerprint density at radius 2 is 1.70 bits per heavy atom. The van der Waals surface area contributed by atoms with Gasteiger partial charge in [0.25, 0.3) is 5.91 Å². The van der Waals surface area contributed by atoms with Crippen molar-refractivity contribution in [1.82, 2.24) is 4.90 Å². The lowest BCUT2D eigenvalue weighted by Gasteiger charge is -2.25. The fourth-order valence-corrected chi connectivity index (χ4v) is 5.23. The number of rotatable bonds is 8. The second-order valence-electron chi connectivity index (χ2n) is 10.1. The Labute approximate surface area is 217 Å². The molecule has 1 aliphatic rings. The monoisotopic (exact) mass is 495 g/mol. The second kappa shape index (κ2) is 10.3. The van der Waals surface area contributed by atoms with Gasteiger partial charge in [0, 0.05) is 6.54 Å². The molecule has 0 saturated carbocycles. The van der Waals surface area contributed by atoms with Crippen LogP contribution in [0.4, 0.5) is 0 Å². The highest BCUT2D eigenvalue weighted by atomic mass is 16.5. The molecule has 5 heteroatoms. The highest BCUT2D eigenvalue weighted by Gasteiger charge is 2.43. The second-order valence-corrected chi connectivity index (χ2v) is 10.1. The van der Waals surface area contributed by atoms with E-state index in [1.54, 1.807) is 4.90 Å². The van der Waals surface area contributed by atoms with Crippen molar-refractivity contribution in [3.8, 4) is 5.75 Å². The largest absolute Gasteiger partial charge is 0.494 e. The van der Waals surface area contributed by atoms with Crippen LogP contribution in [0.5, 0.6) is 5.75 Å². The van der Waals surface area contributed by atoms with Gasteiger partial charge < -0.3 is 14.1 Å². The van der Waals surface area contributed by atoms with Crippen LogP contribution in [0.25, 0.3) is 11.0 Å². The van der Waals surface area contributed by atoms with E-state index in [0.29, 0.717) is 29.7 Å². The standard InChI is InChI=1S/C32H33NO4/c1-5-6-7-15-36-25-10-8-9-24(18-25)29-28-30(34)27-22(4)16-21(3)17-26(27)37-31(28)32(35)33(29)19-23-13-11-20(2)12-14-23/h8-14,16-18,29H,5-7,15,19H2,1-4H3. The molecule has 4 aromatic rings. The highest BCUT2D eigenvalue weighted by Crippen LogP contribution is 2.40. The molecule has 5 nitrogen and oxygen atoms in total. The maximum atomic E-state index is 14.0. The predicted octanol–water partition coefficient (Wildman–Crippen LogP) is 7.03. The minimum Gasteiger partial charge on any atom is -0.494 e. The number of hydrogen-bond donors (Lipinski definition) is 0. The smallest absolute Gasteiger partial charge is 0.291 e. The van der Waals surface area contributed by atoms with Crippen molar-refractivity contribution in [2.24, 2.45) is 0 Å². The first-order valence-corrected chi connectivity index (χ1v) is 13.0. The minimum atomic E-state index is -0.565. The lowest BCUT2D eigenvalue weighted by atomic mass is 9.96. The van der Waals surface area contributed by atoms with E-state index in [0.717, 1.165) is 52.8 Å². The summed E-state index contributed by atoms with van der Waals surface area (Å²) in [5.41, 5.74) is 5.53. The molecule has 190 valence electrons. The van der Waals surface area contributed by atoms with Crippen LogP contribution in [0.1, 0.15) is 76.2 Å². The third kappa shape index (κ3) is 4.78. The third-order valence-electron chi connectivity index (χ3n) is 7.08. The fourth-order valence-electron chi connectivity index (χ4n) is 5.23. The van der Waals surface area contributed by atoms with Crippen molar-refractivity contribution >= 4 is 16.9 Å². The number of aryl methyl sites for hydroxylation is 3. The zero-order valence-electron chi connectivity index (χ0n) is 22.0. The number of unbranched alkanes of at least 4 members (excludes halogenated alkanes) is 2. The molecule has 1 amide bonds. The van der Waals surface area contributed by atoms with E-state index >= 15 is 0 Å². The average Bonchev–Trinajstić information content (AvgIpc) is 3.14. The van der Waals surface area contributed by atoms with Crippen LogP contribution in [0.3, 0.4) is 0 Å². The SMILES string of the molecule is CCCCCOc1cccc(C2c3c(oc4cc(C)cc(C)c4c3=O)C(=O)N2Cc2ccc(C)cc2)c1. The van der Waals surface area contributed by atoms with Crippen molar-refractivity contribution in [3.05, 3.63) is 110 Å². The van der Waals surface area contributed by atoms with Gasteiger partial charge in [-0.25, -0.2) is 0 Å². The Balaban J connectivity index is 1.64. The van der Waals surface area contributed by atoms with Crippen LogP contribution in [0.2, 0.25) is 0 Å². The summed E-state index contributed by atoms with van der Waals surface area (Å²) in [5, 5.41) is 0.534. The van der Waals surface area contributed by atoms with Gasteiger partial charge in [0.15, 0.2) is 5.43 Å². The molecule has 3 aromatic carbocycles. The zero-order chi connectivity index (χ0) is 26.1. The number of carbonyl (C=O) groups is 1. The van der Waals surface area contributed by atoms with Crippen LogP contribution in [0.15, 0.2) is 69.9 Å². The van der Waals surface area contributed by atoms with Crippen LogP contribution >= 0.6 is 0 Å². The van der Waals surface area contributed by atoms with Crippen molar-refractivity contribution in [1.29, 1.82) is 0 Å². The van der Waals surface area contributed by atoms with E-state index in [9.17, 15) is 9.59 Å². The van der Waals surface area contributed by atoms with Crippen molar-refractivity contribution in [3.63, 3.8) is 0 Å². The van der Waals surface area contributed by atoms with Gasteiger partial charge in [-0.1, -0.05) is 67.8 Å². The summed E-state index contributed by atoms with van der Waals surface area (Å²) in [6.07, 6.45) is 3.22. The number of benzene rings is 3. The first kappa shape index (κ1) is 24.8. The molecule has 0 spiro atoms. The van der Waals surface area contributed by atoms with Gasteiger partial charge >= 0.3 is 0 Å². The summed E-state index contributed by atoms with van der Waals surface area (Å²) in [4.78, 5) is 29.5. The predicted molar refractivity (Wildman–Crippen MR) is 146 cm³/mol. The topological polar surface area (TPSA) is 59.8 Å². The minimum absolute atomic E-state index is 0.133. The number of ether oxygens (including phenoxy) is 1. The molecule has 0 radical (unpaired) electrons. The molecule has 1 unspecified atom stereocenters. The van der Waals surface area contributed by atoms with E-state index in [1.165, 1.54) is 0 Å². The maximum absolute atomic E-state index is 14.0. The number of fused-ring (bicyclic) bond motifs is 2. The van der Waals surface area contributed by atoms with E-state index < -0.39 is 6.04 Å². The molecule has 5 rings (SSSR count). The summed E-state index contributed by atoms with van der Waals surface area (Å²) in [6, 6.07) is 19.1. The number of carbonyl (C=O) groups excluding carboxylic acids is 1. The summed E-state index contributed by atoms with van der Waals surface area (Å²) in [7, 11) is 0. The summed E-state index contributed by atoms with van der Waals surface area (Å²) >= 11 is 0. The first-order valence-electron chi connectivity index (χ1n) is 13.0. The Morgan fingerprint density at radius 3 is 2.46 bits per heavy atom. The van der Waals surface area contributed by atoms with Crippen molar-refractivity contribution < 1.29 is 13.9 Å². The lowest BCUT2D eigenvalue weighted by molar-refractivity contribution is 0.0714. The number of nitrogens with zero attached hydrogens (tertiary/aromatic N) is 1. The van der Waals surface area contributed by atoms with Gasteiger partial charge in [0.05, 0.1) is 23.6 Å². The van der Waals surface area contributed by atoms with Gasteiger partial charge in [-0.3, -0.25) is 9.59 Å². The average molecular weight is 496 g/mol. The van der Waals surface area contributed by atoms with E-state index in [-0.39, 0.29) is 17.1 Å². The molecule has 1 aromatic heterocycles. The summed E-state index contributed by atoms with van der Waals surface area (Å²) in [6.45, 7) is 9.07.